The van der Waals surface area contributed by atoms with Crippen LogP contribution in [0.1, 0.15) is 16.7 Å². The Balaban J connectivity index is 2.44. The maximum atomic E-state index is 12.6. The molecule has 1 N–H and O–H groups in total. The van der Waals surface area contributed by atoms with Crippen molar-refractivity contribution in [2.75, 3.05) is 0 Å². The molecule has 0 aliphatic carbocycles. The van der Waals surface area contributed by atoms with Crippen LogP contribution >= 0.6 is 19.6 Å². The van der Waals surface area contributed by atoms with Gasteiger partial charge in [0.2, 0.25) is 5.30 Å². The lowest BCUT2D eigenvalue weighted by Gasteiger charge is -2.12. The molecule has 124 valence electrons. The van der Waals surface area contributed by atoms with E-state index in [0.717, 1.165) is 18.2 Å². The number of benzene rings is 2. The zero-order valence-corrected chi connectivity index (χ0v) is 13.7. The van der Waals surface area contributed by atoms with Gasteiger partial charge in [0, 0.05) is 6.07 Å². The van der Waals surface area contributed by atoms with E-state index in [1.807, 2.05) is 0 Å². The number of nitrogens with zero attached hydrogens (tertiary/aromatic N) is 1. The second-order valence-electron chi connectivity index (χ2n) is 4.76. The van der Waals surface area contributed by atoms with Crippen LogP contribution in [0.3, 0.4) is 0 Å². The molecule has 0 amide bonds. The number of hydrogen-bond acceptors (Lipinski definition) is 3. The lowest BCUT2D eigenvalue weighted by Crippen LogP contribution is -2.06. The number of alkyl halides is 3. The van der Waals surface area contributed by atoms with Gasteiger partial charge in [-0.1, -0.05) is 11.6 Å². The van der Waals surface area contributed by atoms with Gasteiger partial charge in [0.25, 0.3) is 0 Å². The maximum Gasteiger partial charge on any atom is 0.547 e. The quantitative estimate of drug-likeness (QED) is 0.791. The highest BCUT2D eigenvalue weighted by Crippen LogP contribution is 2.37. The summed E-state index contributed by atoms with van der Waals surface area (Å²) < 4.78 is 54.6. The van der Waals surface area contributed by atoms with Gasteiger partial charge in [0.15, 0.2) is 0 Å². The maximum absolute atomic E-state index is 12.6. The van der Waals surface area contributed by atoms with Crippen LogP contribution in [0.2, 0.25) is 5.02 Å². The molecule has 24 heavy (non-hydrogen) atoms. The van der Waals surface area contributed by atoms with Crippen LogP contribution in [0.15, 0.2) is 30.3 Å². The molecule has 0 aliphatic rings. The Morgan fingerprint density at radius 1 is 1.25 bits per heavy atom. The lowest BCUT2D eigenvalue weighted by molar-refractivity contribution is -0.137. The molecule has 0 saturated carbocycles. The summed E-state index contributed by atoms with van der Waals surface area (Å²) in [5.41, 5.74) is -0.444. The minimum Gasteiger partial charge on any atom is -0.455 e. The summed E-state index contributed by atoms with van der Waals surface area (Å²) >= 11 is 5.81. The highest BCUT2D eigenvalue weighted by atomic mass is 35.5. The van der Waals surface area contributed by atoms with E-state index in [-0.39, 0.29) is 27.4 Å². The standard InChI is InChI=1S/C15H8ClF3NO3P/c1-8-4-9(7-20)14(24(21)22)6-13(8)23-12-3-2-10(5-11(12)16)15(17,18)19/h2-6H,1H3/p+1. The molecule has 0 radical (unpaired) electrons. The van der Waals surface area contributed by atoms with Crippen molar-refractivity contribution in [1.82, 2.24) is 0 Å². The topological polar surface area (TPSA) is 70.3 Å². The first-order valence-electron chi connectivity index (χ1n) is 6.39. The van der Waals surface area contributed by atoms with Crippen molar-refractivity contribution in [3.8, 4) is 17.6 Å². The third kappa shape index (κ3) is 3.85. The van der Waals surface area contributed by atoms with E-state index in [1.165, 1.54) is 12.1 Å². The Labute approximate surface area is 140 Å². The molecular formula is C15H9ClF3NO3P+. The number of rotatable bonds is 3. The normalized spacial score (nSPS) is 11.8. The number of halogens is 4. The zero-order chi connectivity index (χ0) is 18.1. The molecule has 0 saturated heterocycles. The van der Waals surface area contributed by atoms with Crippen molar-refractivity contribution in [2.45, 2.75) is 13.1 Å². The molecule has 2 rings (SSSR count). The predicted molar refractivity (Wildman–Crippen MR) is 81.9 cm³/mol. The molecule has 0 aliphatic heterocycles. The third-order valence-corrected chi connectivity index (χ3v) is 4.18. The van der Waals surface area contributed by atoms with Crippen molar-refractivity contribution in [2.24, 2.45) is 0 Å². The highest BCUT2D eigenvalue weighted by molar-refractivity contribution is 7.47. The summed E-state index contributed by atoms with van der Waals surface area (Å²) in [5.74, 6) is 0.0691. The number of nitriles is 1. The Morgan fingerprint density at radius 3 is 2.42 bits per heavy atom. The minimum atomic E-state index is -4.53. The van der Waals surface area contributed by atoms with Gasteiger partial charge in [0.05, 0.1) is 10.6 Å². The van der Waals surface area contributed by atoms with Gasteiger partial charge in [0.1, 0.15) is 23.1 Å². The van der Waals surface area contributed by atoms with Gasteiger partial charge in [-0.25, -0.2) is 0 Å². The first-order chi connectivity index (χ1) is 11.1. The summed E-state index contributed by atoms with van der Waals surface area (Å²) in [5, 5.41) is 8.58. The van der Waals surface area contributed by atoms with Crippen LogP contribution < -0.4 is 10.0 Å². The van der Waals surface area contributed by atoms with E-state index in [1.54, 1.807) is 13.0 Å². The lowest BCUT2D eigenvalue weighted by atomic mass is 10.1. The third-order valence-electron chi connectivity index (χ3n) is 3.10. The van der Waals surface area contributed by atoms with Gasteiger partial charge in [-0.3, -0.25) is 0 Å². The van der Waals surface area contributed by atoms with Gasteiger partial charge in [-0.15, -0.1) is 0 Å². The van der Waals surface area contributed by atoms with Crippen LogP contribution in [0, 0.1) is 18.3 Å². The number of aryl methyl sites for hydroxylation is 1. The molecule has 4 nitrogen and oxygen atoms in total. The van der Waals surface area contributed by atoms with Crippen LogP contribution in [-0.2, 0) is 10.7 Å². The first kappa shape index (κ1) is 18.2. The zero-order valence-electron chi connectivity index (χ0n) is 12.1. The number of ether oxygens (including phenoxy) is 1. The van der Waals surface area contributed by atoms with E-state index < -0.39 is 19.8 Å². The van der Waals surface area contributed by atoms with Crippen molar-refractivity contribution < 1.29 is 27.4 Å². The molecule has 0 aromatic heterocycles. The van der Waals surface area contributed by atoms with E-state index in [0.29, 0.717) is 5.56 Å². The number of hydrogen-bond donors (Lipinski definition) is 1. The Morgan fingerprint density at radius 2 is 1.92 bits per heavy atom. The largest absolute Gasteiger partial charge is 0.547 e. The Hall–Kier alpha value is -2.13. The van der Waals surface area contributed by atoms with Crippen LogP contribution in [-0.4, -0.2) is 4.89 Å². The molecule has 0 spiro atoms. The average Bonchev–Trinajstić information content (AvgIpc) is 2.49. The van der Waals surface area contributed by atoms with Crippen molar-refractivity contribution in [1.29, 1.82) is 5.26 Å². The monoisotopic (exact) mass is 374 g/mol. The van der Waals surface area contributed by atoms with Gasteiger partial charge in [-0.2, -0.15) is 23.3 Å². The summed E-state index contributed by atoms with van der Waals surface area (Å²) in [7, 11) is -2.79. The summed E-state index contributed by atoms with van der Waals surface area (Å²) in [6, 6.07) is 6.94. The highest BCUT2D eigenvalue weighted by Gasteiger charge is 2.31. The molecule has 1 unspecified atom stereocenters. The average molecular weight is 375 g/mol. The van der Waals surface area contributed by atoms with Crippen LogP contribution in [0.25, 0.3) is 0 Å². The van der Waals surface area contributed by atoms with Gasteiger partial charge >= 0.3 is 14.2 Å². The molecular weight excluding hydrogens is 366 g/mol. The van der Waals surface area contributed by atoms with Crippen LogP contribution in [0.4, 0.5) is 13.2 Å². The van der Waals surface area contributed by atoms with E-state index in [4.69, 9.17) is 21.6 Å². The SMILES string of the molecule is Cc1cc(C#N)c([P+](=O)O)cc1Oc1ccc(C(F)(F)F)cc1Cl. The fraction of sp³-hybridized carbons (Fsp3) is 0.133. The smallest absolute Gasteiger partial charge is 0.455 e. The molecule has 0 fully saturated rings. The van der Waals surface area contributed by atoms with Crippen LogP contribution in [0.5, 0.6) is 11.5 Å². The van der Waals surface area contributed by atoms with E-state index >= 15 is 0 Å². The van der Waals surface area contributed by atoms with E-state index in [2.05, 4.69) is 0 Å². The summed E-state index contributed by atoms with van der Waals surface area (Å²) in [6.45, 7) is 1.59. The molecule has 1 atom stereocenters. The predicted octanol–water partition coefficient (Wildman–Crippen LogP) is 4.69. The summed E-state index contributed by atoms with van der Waals surface area (Å²) in [4.78, 5) is 9.25. The summed E-state index contributed by atoms with van der Waals surface area (Å²) in [6.07, 6.45) is -4.53. The van der Waals surface area contributed by atoms with Crippen molar-refractivity contribution in [3.63, 3.8) is 0 Å². The van der Waals surface area contributed by atoms with Crippen molar-refractivity contribution in [3.05, 3.63) is 52.0 Å². The molecule has 0 bridgehead atoms. The van der Waals surface area contributed by atoms with Gasteiger partial charge < -0.3 is 4.74 Å². The molecule has 2 aromatic carbocycles. The molecule has 0 heterocycles. The van der Waals surface area contributed by atoms with E-state index in [9.17, 15) is 22.6 Å². The second kappa shape index (κ2) is 6.78. The Bertz CT molecular complexity index is 862. The second-order valence-corrected chi connectivity index (χ2v) is 6.20. The fourth-order valence-corrected chi connectivity index (χ4v) is 2.68. The van der Waals surface area contributed by atoms with Crippen molar-refractivity contribution >= 4 is 24.9 Å². The fourth-order valence-electron chi connectivity index (χ4n) is 1.91. The first-order valence-corrected chi connectivity index (χ1v) is 7.98. The molecule has 9 heteroatoms. The van der Waals surface area contributed by atoms with Gasteiger partial charge in [-0.05, 0) is 41.3 Å². The molecule has 2 aromatic rings. The minimum absolute atomic E-state index is 0.0157. The Kier molecular flexibility index (Phi) is 5.14.